The zero-order chi connectivity index (χ0) is 12.2. The first kappa shape index (κ1) is 13.5. The molecule has 0 radical (unpaired) electrons. The molecule has 0 aliphatic heterocycles. The van der Waals surface area contributed by atoms with Crippen LogP contribution in [0.5, 0.6) is 0 Å². The molecule has 1 N–H and O–H groups in total. The highest BCUT2D eigenvalue weighted by Crippen LogP contribution is 2.27. The first-order chi connectivity index (χ1) is 7.40. The zero-order valence-corrected chi connectivity index (χ0v) is 11.0. The molecule has 0 aliphatic rings. The zero-order valence-electron chi connectivity index (χ0n) is 9.38. The van der Waals surface area contributed by atoms with Crippen LogP contribution in [-0.2, 0) is 9.84 Å². The Balaban J connectivity index is 2.67. The van der Waals surface area contributed by atoms with Crippen molar-refractivity contribution in [1.29, 1.82) is 0 Å². The van der Waals surface area contributed by atoms with E-state index in [2.05, 4.69) is 0 Å². The summed E-state index contributed by atoms with van der Waals surface area (Å²) in [7, 11) is -2.91. The second-order valence-electron chi connectivity index (χ2n) is 3.69. The molecule has 0 spiro atoms. The van der Waals surface area contributed by atoms with Crippen molar-refractivity contribution in [2.45, 2.75) is 17.9 Å². The lowest BCUT2D eigenvalue weighted by molar-refractivity contribution is 0.196. The third-order valence-corrected chi connectivity index (χ3v) is 4.38. The van der Waals surface area contributed by atoms with Crippen LogP contribution in [0.3, 0.4) is 0 Å². The highest BCUT2D eigenvalue weighted by Gasteiger charge is 2.08. The van der Waals surface area contributed by atoms with Crippen molar-refractivity contribution < 1.29 is 13.5 Å². The van der Waals surface area contributed by atoms with E-state index in [1.54, 1.807) is 6.92 Å². The Labute approximate surface area is 101 Å². The van der Waals surface area contributed by atoms with Gasteiger partial charge in [0.15, 0.2) is 0 Å². The molecular formula is C11H16O3S2. The van der Waals surface area contributed by atoms with Gasteiger partial charge in [-0.05, 0) is 18.6 Å². The van der Waals surface area contributed by atoms with Crippen molar-refractivity contribution >= 4 is 21.6 Å². The average Bonchev–Trinajstić information content (AvgIpc) is 2.16. The smallest absolute Gasteiger partial charge is 0.148 e. The van der Waals surface area contributed by atoms with Gasteiger partial charge in [0.1, 0.15) is 9.84 Å². The van der Waals surface area contributed by atoms with Crippen LogP contribution in [0, 0.1) is 0 Å². The number of benzene rings is 1. The van der Waals surface area contributed by atoms with Gasteiger partial charge in [-0.1, -0.05) is 18.2 Å². The summed E-state index contributed by atoms with van der Waals surface area (Å²) in [5.74, 6) is 0.675. The molecule has 0 aromatic heterocycles. The summed E-state index contributed by atoms with van der Waals surface area (Å²) in [4.78, 5) is 0.946. The minimum Gasteiger partial charge on any atom is -0.389 e. The topological polar surface area (TPSA) is 54.4 Å². The lowest BCUT2D eigenvalue weighted by atomic mass is 10.1. The number of sulfone groups is 1. The van der Waals surface area contributed by atoms with Gasteiger partial charge >= 0.3 is 0 Å². The van der Waals surface area contributed by atoms with E-state index < -0.39 is 15.9 Å². The van der Waals surface area contributed by atoms with E-state index in [-0.39, 0.29) is 5.75 Å². The molecule has 1 atom stereocenters. The Bertz CT molecular complexity index is 438. The second kappa shape index (κ2) is 5.70. The quantitative estimate of drug-likeness (QED) is 0.821. The molecule has 0 saturated carbocycles. The SMILES string of the molecule is C[C@H](O)c1ccccc1SCCS(C)(=O)=O. The van der Waals surface area contributed by atoms with Crippen molar-refractivity contribution in [3.8, 4) is 0 Å². The maximum atomic E-state index is 11.0. The van der Waals surface area contributed by atoms with Crippen LogP contribution in [0.15, 0.2) is 29.2 Å². The summed E-state index contributed by atoms with van der Waals surface area (Å²) in [5.41, 5.74) is 0.848. The van der Waals surface area contributed by atoms with Crippen molar-refractivity contribution in [3.63, 3.8) is 0 Å². The molecule has 0 heterocycles. The number of hydrogen-bond donors (Lipinski definition) is 1. The number of rotatable bonds is 5. The maximum Gasteiger partial charge on any atom is 0.148 e. The van der Waals surface area contributed by atoms with Gasteiger partial charge in [0, 0.05) is 16.9 Å². The van der Waals surface area contributed by atoms with Gasteiger partial charge < -0.3 is 5.11 Å². The highest BCUT2D eigenvalue weighted by atomic mass is 32.2. The van der Waals surface area contributed by atoms with Crippen molar-refractivity contribution in [2.75, 3.05) is 17.8 Å². The standard InChI is InChI=1S/C11H16O3S2/c1-9(12)10-5-3-4-6-11(10)15-7-8-16(2,13)14/h3-6,9,12H,7-8H2,1-2H3/t9-/m0/s1. The molecule has 3 nitrogen and oxygen atoms in total. The van der Waals surface area contributed by atoms with Gasteiger partial charge in [-0.25, -0.2) is 8.42 Å². The number of thioether (sulfide) groups is 1. The first-order valence-electron chi connectivity index (χ1n) is 4.97. The molecule has 16 heavy (non-hydrogen) atoms. The Morgan fingerprint density at radius 1 is 1.38 bits per heavy atom. The van der Waals surface area contributed by atoms with E-state index in [0.29, 0.717) is 5.75 Å². The van der Waals surface area contributed by atoms with Gasteiger partial charge in [0.25, 0.3) is 0 Å². The molecule has 1 aromatic carbocycles. The highest BCUT2D eigenvalue weighted by molar-refractivity contribution is 8.00. The fourth-order valence-corrected chi connectivity index (χ4v) is 3.60. The Hall–Kier alpha value is -0.520. The van der Waals surface area contributed by atoms with E-state index in [1.165, 1.54) is 18.0 Å². The van der Waals surface area contributed by atoms with E-state index in [0.717, 1.165) is 10.5 Å². The lowest BCUT2D eigenvalue weighted by Crippen LogP contribution is -2.05. The Morgan fingerprint density at radius 3 is 2.56 bits per heavy atom. The van der Waals surface area contributed by atoms with Crippen molar-refractivity contribution in [2.24, 2.45) is 0 Å². The fraction of sp³-hybridized carbons (Fsp3) is 0.455. The van der Waals surface area contributed by atoms with Gasteiger partial charge in [-0.15, -0.1) is 11.8 Å². The summed E-state index contributed by atoms with van der Waals surface area (Å²) in [6, 6.07) is 7.50. The van der Waals surface area contributed by atoms with E-state index >= 15 is 0 Å². The molecule has 0 unspecified atom stereocenters. The molecule has 90 valence electrons. The largest absolute Gasteiger partial charge is 0.389 e. The van der Waals surface area contributed by atoms with Gasteiger partial charge in [0.05, 0.1) is 11.9 Å². The monoisotopic (exact) mass is 260 g/mol. The normalized spacial score (nSPS) is 13.7. The summed E-state index contributed by atoms with van der Waals surface area (Å²) in [6.07, 6.45) is 0.704. The van der Waals surface area contributed by atoms with E-state index in [1.807, 2.05) is 24.3 Å². The number of aliphatic hydroxyl groups excluding tert-OH is 1. The molecule has 1 aromatic rings. The fourth-order valence-electron chi connectivity index (χ4n) is 1.26. The Morgan fingerprint density at radius 2 is 2.00 bits per heavy atom. The molecule has 0 amide bonds. The number of hydrogen-bond acceptors (Lipinski definition) is 4. The van der Waals surface area contributed by atoms with Gasteiger partial charge in [-0.3, -0.25) is 0 Å². The molecule has 1 rings (SSSR count). The summed E-state index contributed by atoms with van der Waals surface area (Å²) >= 11 is 1.46. The number of aliphatic hydroxyl groups is 1. The average molecular weight is 260 g/mol. The molecule has 0 saturated heterocycles. The maximum absolute atomic E-state index is 11.0. The molecule has 0 fully saturated rings. The van der Waals surface area contributed by atoms with Crippen LogP contribution in [0.2, 0.25) is 0 Å². The van der Waals surface area contributed by atoms with Gasteiger partial charge in [0.2, 0.25) is 0 Å². The third kappa shape index (κ3) is 4.55. The van der Waals surface area contributed by atoms with Crippen LogP contribution in [0.4, 0.5) is 0 Å². The molecular weight excluding hydrogens is 244 g/mol. The van der Waals surface area contributed by atoms with E-state index in [4.69, 9.17) is 0 Å². The predicted molar refractivity (Wildman–Crippen MR) is 67.5 cm³/mol. The first-order valence-corrected chi connectivity index (χ1v) is 8.02. The predicted octanol–water partition coefficient (Wildman–Crippen LogP) is 1.88. The van der Waals surface area contributed by atoms with Gasteiger partial charge in [-0.2, -0.15) is 0 Å². The molecule has 5 heteroatoms. The molecule has 0 aliphatic carbocycles. The molecule has 0 bridgehead atoms. The minimum atomic E-state index is -2.91. The van der Waals surface area contributed by atoms with Crippen LogP contribution >= 0.6 is 11.8 Å². The minimum absolute atomic E-state index is 0.159. The van der Waals surface area contributed by atoms with E-state index in [9.17, 15) is 13.5 Å². The van der Waals surface area contributed by atoms with Crippen molar-refractivity contribution in [1.82, 2.24) is 0 Å². The van der Waals surface area contributed by atoms with Crippen LogP contribution in [0.25, 0.3) is 0 Å². The van der Waals surface area contributed by atoms with Crippen molar-refractivity contribution in [3.05, 3.63) is 29.8 Å². The summed E-state index contributed by atoms with van der Waals surface area (Å²) in [6.45, 7) is 1.70. The summed E-state index contributed by atoms with van der Waals surface area (Å²) in [5, 5.41) is 9.53. The lowest BCUT2D eigenvalue weighted by Gasteiger charge is -2.10. The van der Waals surface area contributed by atoms with Crippen LogP contribution in [0.1, 0.15) is 18.6 Å². The third-order valence-electron chi connectivity index (χ3n) is 2.08. The van der Waals surface area contributed by atoms with Crippen LogP contribution < -0.4 is 0 Å². The Kier molecular flexibility index (Phi) is 4.83. The second-order valence-corrected chi connectivity index (χ2v) is 7.09. The summed E-state index contributed by atoms with van der Waals surface area (Å²) < 4.78 is 22.0. The van der Waals surface area contributed by atoms with Crippen LogP contribution in [-0.4, -0.2) is 31.3 Å².